The molecule has 3 amide bonds. The van der Waals surface area contributed by atoms with Crippen molar-refractivity contribution >= 4 is 29.3 Å². The van der Waals surface area contributed by atoms with Gasteiger partial charge in [0.05, 0.1) is 5.92 Å². The molecule has 23 heavy (non-hydrogen) atoms. The van der Waals surface area contributed by atoms with Crippen LogP contribution in [-0.2, 0) is 14.4 Å². The summed E-state index contributed by atoms with van der Waals surface area (Å²) in [5.41, 5.74) is 0. The van der Waals surface area contributed by atoms with E-state index in [1.165, 1.54) is 0 Å². The van der Waals surface area contributed by atoms with Gasteiger partial charge in [0.1, 0.15) is 0 Å². The Morgan fingerprint density at radius 3 is 2.48 bits per heavy atom. The number of nitrogens with zero attached hydrogens (tertiary/aromatic N) is 2. The van der Waals surface area contributed by atoms with Crippen molar-refractivity contribution in [3.63, 3.8) is 0 Å². The first-order valence-corrected chi connectivity index (χ1v) is 8.89. The summed E-state index contributed by atoms with van der Waals surface area (Å²) in [7, 11) is 0. The van der Waals surface area contributed by atoms with Crippen molar-refractivity contribution in [1.29, 1.82) is 0 Å². The van der Waals surface area contributed by atoms with Crippen LogP contribution in [0.5, 0.6) is 0 Å². The highest BCUT2D eigenvalue weighted by Crippen LogP contribution is 2.23. The van der Waals surface area contributed by atoms with Crippen LogP contribution < -0.4 is 5.32 Å². The topological polar surface area (TPSA) is 69.7 Å². The van der Waals surface area contributed by atoms with E-state index >= 15 is 0 Å². The Balaban J connectivity index is 1.80. The first kappa shape index (κ1) is 18.0. The van der Waals surface area contributed by atoms with Crippen LogP contribution in [-0.4, -0.2) is 65.1 Å². The summed E-state index contributed by atoms with van der Waals surface area (Å²) < 4.78 is 0. The van der Waals surface area contributed by atoms with Gasteiger partial charge in [-0.1, -0.05) is 0 Å². The smallest absolute Gasteiger partial charge is 0.227 e. The second-order valence-electron chi connectivity index (χ2n) is 6.65. The second-order valence-corrected chi connectivity index (χ2v) is 7.02. The second kappa shape index (κ2) is 7.99. The molecule has 0 radical (unpaired) electrons. The molecule has 0 aliphatic carbocycles. The van der Waals surface area contributed by atoms with Crippen LogP contribution in [0.1, 0.15) is 39.5 Å². The van der Waals surface area contributed by atoms with Gasteiger partial charge in [0, 0.05) is 50.4 Å². The predicted molar refractivity (Wildman–Crippen MR) is 88.0 cm³/mol. The highest BCUT2D eigenvalue weighted by Gasteiger charge is 2.38. The Hall–Kier alpha value is -1.30. The minimum Gasteiger partial charge on any atom is -0.353 e. The van der Waals surface area contributed by atoms with E-state index in [0.29, 0.717) is 38.4 Å². The van der Waals surface area contributed by atoms with Crippen molar-refractivity contribution in [2.24, 2.45) is 5.92 Å². The Morgan fingerprint density at radius 2 is 1.96 bits per heavy atom. The maximum absolute atomic E-state index is 12.6. The number of hydrogen-bond acceptors (Lipinski definition) is 3. The van der Waals surface area contributed by atoms with Crippen LogP contribution in [0.2, 0.25) is 0 Å². The first-order valence-electron chi connectivity index (χ1n) is 8.36. The molecule has 130 valence electrons. The molecule has 2 aliphatic heterocycles. The summed E-state index contributed by atoms with van der Waals surface area (Å²) >= 11 is 5.55. The lowest BCUT2D eigenvalue weighted by molar-refractivity contribution is -0.137. The number of carbonyl (C=O) groups is 3. The molecule has 0 aromatic rings. The van der Waals surface area contributed by atoms with Crippen LogP contribution in [0.3, 0.4) is 0 Å². The van der Waals surface area contributed by atoms with Gasteiger partial charge in [0.15, 0.2) is 0 Å². The lowest BCUT2D eigenvalue weighted by Crippen LogP contribution is -2.48. The van der Waals surface area contributed by atoms with E-state index < -0.39 is 0 Å². The summed E-state index contributed by atoms with van der Waals surface area (Å²) in [6, 6.07) is 0.260. The number of alkyl halides is 1. The average molecular weight is 344 g/mol. The summed E-state index contributed by atoms with van der Waals surface area (Å²) in [5.74, 6) is 0.227. The molecule has 2 saturated heterocycles. The average Bonchev–Trinajstić information content (AvgIpc) is 2.89. The fourth-order valence-corrected chi connectivity index (χ4v) is 3.46. The quantitative estimate of drug-likeness (QED) is 0.756. The number of hydrogen-bond donors (Lipinski definition) is 1. The number of rotatable bonds is 5. The van der Waals surface area contributed by atoms with Crippen LogP contribution in [0.25, 0.3) is 0 Å². The lowest BCUT2D eigenvalue weighted by atomic mass is 10.0. The van der Waals surface area contributed by atoms with Crippen molar-refractivity contribution < 1.29 is 14.4 Å². The zero-order valence-corrected chi connectivity index (χ0v) is 14.6. The van der Waals surface area contributed by atoms with Crippen molar-refractivity contribution in [1.82, 2.24) is 15.1 Å². The molecule has 2 aliphatic rings. The van der Waals surface area contributed by atoms with Crippen molar-refractivity contribution in [2.45, 2.75) is 51.6 Å². The molecule has 0 bridgehead atoms. The highest BCUT2D eigenvalue weighted by molar-refractivity contribution is 6.18. The molecule has 0 aromatic carbocycles. The standard InChI is InChI=1S/C16H26ClN3O3/c1-11(2)20-10-12(9-15(20)22)16(23)19-7-4-13(5-8-19)18-14(21)3-6-17/h11-13H,3-10H2,1-2H3,(H,18,21). The normalized spacial score (nSPS) is 22.8. The van der Waals surface area contributed by atoms with Gasteiger partial charge in [0.25, 0.3) is 0 Å². The third-order valence-corrected chi connectivity index (χ3v) is 4.81. The van der Waals surface area contributed by atoms with Crippen LogP contribution >= 0.6 is 11.6 Å². The number of piperidine rings is 1. The van der Waals surface area contributed by atoms with Gasteiger partial charge in [-0.25, -0.2) is 0 Å². The van der Waals surface area contributed by atoms with Gasteiger partial charge < -0.3 is 15.1 Å². The molecule has 1 N–H and O–H groups in total. The van der Waals surface area contributed by atoms with E-state index in [0.717, 1.165) is 12.8 Å². The summed E-state index contributed by atoms with van der Waals surface area (Å²) in [6.45, 7) is 5.75. The number of amides is 3. The van der Waals surface area contributed by atoms with Crippen LogP contribution in [0.15, 0.2) is 0 Å². The monoisotopic (exact) mass is 343 g/mol. The van der Waals surface area contributed by atoms with Gasteiger partial charge >= 0.3 is 0 Å². The molecule has 0 spiro atoms. The number of nitrogens with one attached hydrogen (secondary N) is 1. The third-order valence-electron chi connectivity index (χ3n) is 4.62. The molecular formula is C16H26ClN3O3. The Labute approximate surface area is 142 Å². The van der Waals surface area contributed by atoms with E-state index in [1.54, 1.807) is 4.90 Å². The van der Waals surface area contributed by atoms with E-state index in [1.807, 2.05) is 18.7 Å². The van der Waals surface area contributed by atoms with E-state index in [9.17, 15) is 14.4 Å². The number of halogens is 1. The third kappa shape index (κ3) is 4.59. The molecule has 0 aromatic heterocycles. The van der Waals surface area contributed by atoms with Crippen LogP contribution in [0, 0.1) is 5.92 Å². The lowest BCUT2D eigenvalue weighted by Gasteiger charge is -2.34. The molecular weight excluding hydrogens is 318 g/mol. The largest absolute Gasteiger partial charge is 0.353 e. The number of carbonyl (C=O) groups excluding carboxylic acids is 3. The molecule has 1 atom stereocenters. The molecule has 7 heteroatoms. The fourth-order valence-electron chi connectivity index (χ4n) is 3.28. The van der Waals surface area contributed by atoms with Crippen molar-refractivity contribution in [3.8, 4) is 0 Å². The number of likely N-dealkylation sites (tertiary alicyclic amines) is 2. The van der Waals surface area contributed by atoms with Gasteiger partial charge in [-0.05, 0) is 26.7 Å². The Morgan fingerprint density at radius 1 is 1.30 bits per heavy atom. The summed E-state index contributed by atoms with van der Waals surface area (Å²) in [6.07, 6.45) is 2.17. The highest BCUT2D eigenvalue weighted by atomic mass is 35.5. The zero-order valence-electron chi connectivity index (χ0n) is 13.9. The predicted octanol–water partition coefficient (Wildman–Crippen LogP) is 0.979. The van der Waals surface area contributed by atoms with E-state index in [4.69, 9.17) is 11.6 Å². The fraction of sp³-hybridized carbons (Fsp3) is 0.812. The Bertz CT molecular complexity index is 461. The van der Waals surface area contributed by atoms with Gasteiger partial charge in [-0.15, -0.1) is 11.6 Å². The molecule has 2 fully saturated rings. The van der Waals surface area contributed by atoms with Crippen molar-refractivity contribution in [3.05, 3.63) is 0 Å². The molecule has 2 rings (SSSR count). The minimum absolute atomic E-state index is 0.0289. The maximum atomic E-state index is 12.6. The molecule has 2 heterocycles. The summed E-state index contributed by atoms with van der Waals surface area (Å²) in [5, 5.41) is 2.95. The Kier molecular flexibility index (Phi) is 6.27. The van der Waals surface area contributed by atoms with Gasteiger partial charge in [-0.3, -0.25) is 14.4 Å². The maximum Gasteiger partial charge on any atom is 0.227 e. The van der Waals surface area contributed by atoms with Crippen molar-refractivity contribution in [2.75, 3.05) is 25.5 Å². The van der Waals surface area contributed by atoms with Crippen LogP contribution in [0.4, 0.5) is 0 Å². The van der Waals surface area contributed by atoms with Gasteiger partial charge in [-0.2, -0.15) is 0 Å². The zero-order chi connectivity index (χ0) is 17.0. The van der Waals surface area contributed by atoms with E-state index in [-0.39, 0.29) is 35.7 Å². The molecule has 6 nitrogen and oxygen atoms in total. The SMILES string of the molecule is CC(C)N1CC(C(=O)N2CCC(NC(=O)CCCl)CC2)CC1=O. The molecule has 1 unspecified atom stereocenters. The first-order chi connectivity index (χ1) is 10.9. The van der Waals surface area contributed by atoms with E-state index in [2.05, 4.69) is 5.32 Å². The van der Waals surface area contributed by atoms with Gasteiger partial charge in [0.2, 0.25) is 17.7 Å². The minimum atomic E-state index is -0.215. The molecule has 0 saturated carbocycles. The summed E-state index contributed by atoms with van der Waals surface area (Å²) in [4.78, 5) is 39.7.